The first-order valence-electron chi connectivity index (χ1n) is 3.75. The van der Waals surface area contributed by atoms with Crippen molar-refractivity contribution < 1.29 is 17.5 Å². The minimum absolute atomic E-state index is 0. The standard InChI is InChI=1S/C9H9NO3.Ca.2H/c11-8(12)6-10-9(13)7-4-2-1-3-5-7;;;/h1-5H,6H2,(H,10,13)(H,11,12);;;/q;+2;2*-1. The van der Waals surface area contributed by atoms with Crippen molar-refractivity contribution in [3.05, 3.63) is 35.9 Å². The molecule has 5 heteroatoms. The number of aliphatic carboxylic acids is 1. The average Bonchev–Trinajstić information content (AvgIpc) is 2.15. The number of hydrogen-bond donors (Lipinski definition) is 2. The van der Waals surface area contributed by atoms with Crippen molar-refractivity contribution in [1.29, 1.82) is 0 Å². The van der Waals surface area contributed by atoms with Crippen LogP contribution in [0.5, 0.6) is 0 Å². The van der Waals surface area contributed by atoms with E-state index in [9.17, 15) is 9.59 Å². The molecule has 1 aromatic carbocycles. The molecule has 0 radical (unpaired) electrons. The van der Waals surface area contributed by atoms with Gasteiger partial charge >= 0.3 is 43.7 Å². The van der Waals surface area contributed by atoms with Crippen LogP contribution in [0, 0.1) is 0 Å². The Labute approximate surface area is 114 Å². The topological polar surface area (TPSA) is 66.4 Å². The van der Waals surface area contributed by atoms with Crippen LogP contribution in [-0.2, 0) is 4.79 Å². The normalized spacial score (nSPS) is 8.57. The van der Waals surface area contributed by atoms with E-state index in [2.05, 4.69) is 5.32 Å². The van der Waals surface area contributed by atoms with Crippen LogP contribution >= 0.6 is 0 Å². The molecule has 0 atom stereocenters. The van der Waals surface area contributed by atoms with Gasteiger partial charge in [-0.05, 0) is 12.1 Å². The van der Waals surface area contributed by atoms with Gasteiger partial charge < -0.3 is 13.3 Å². The van der Waals surface area contributed by atoms with Gasteiger partial charge in [0.1, 0.15) is 6.54 Å². The molecular formula is C9H11CaNO3. The van der Waals surface area contributed by atoms with E-state index in [1.54, 1.807) is 30.3 Å². The van der Waals surface area contributed by atoms with Gasteiger partial charge in [0.15, 0.2) is 0 Å². The molecule has 1 aromatic rings. The summed E-state index contributed by atoms with van der Waals surface area (Å²) in [6.45, 7) is -0.353. The molecule has 2 N–H and O–H groups in total. The Morgan fingerprint density at radius 2 is 1.86 bits per heavy atom. The summed E-state index contributed by atoms with van der Waals surface area (Å²) in [6, 6.07) is 8.47. The van der Waals surface area contributed by atoms with Gasteiger partial charge in [-0.1, -0.05) is 18.2 Å². The number of carboxylic acid groups (broad SMARTS) is 1. The molecule has 0 saturated carbocycles. The first kappa shape index (κ1) is 13.4. The number of rotatable bonds is 3. The van der Waals surface area contributed by atoms with Crippen LogP contribution in [-0.4, -0.2) is 61.3 Å². The molecule has 0 unspecified atom stereocenters. The van der Waals surface area contributed by atoms with Crippen molar-refractivity contribution in [1.82, 2.24) is 5.32 Å². The molecule has 1 amide bonds. The van der Waals surface area contributed by atoms with Crippen molar-refractivity contribution in [3.8, 4) is 0 Å². The molecule has 0 spiro atoms. The van der Waals surface area contributed by atoms with Gasteiger partial charge in [0.05, 0.1) is 0 Å². The zero-order valence-corrected chi connectivity index (χ0v) is 9.77. The second-order valence-corrected chi connectivity index (χ2v) is 2.44. The van der Waals surface area contributed by atoms with Crippen LogP contribution in [0.3, 0.4) is 0 Å². The van der Waals surface area contributed by atoms with E-state index in [0.717, 1.165) is 0 Å². The van der Waals surface area contributed by atoms with E-state index in [1.165, 1.54) is 0 Å². The van der Waals surface area contributed by atoms with Crippen LogP contribution in [0.1, 0.15) is 13.2 Å². The molecule has 14 heavy (non-hydrogen) atoms. The SMILES string of the molecule is O=C(O)CNC(=O)c1ccccc1.[Ca+2].[H-].[H-]. The monoisotopic (exact) mass is 221 g/mol. The molecule has 0 bridgehead atoms. The fourth-order valence-corrected chi connectivity index (χ4v) is 0.847. The van der Waals surface area contributed by atoms with Gasteiger partial charge in [0.25, 0.3) is 5.91 Å². The Hall–Kier alpha value is -0.580. The van der Waals surface area contributed by atoms with Crippen LogP contribution in [0.15, 0.2) is 30.3 Å². The maximum atomic E-state index is 11.2. The summed E-state index contributed by atoms with van der Waals surface area (Å²) in [5, 5.41) is 10.6. The Kier molecular flexibility index (Phi) is 6.53. The summed E-state index contributed by atoms with van der Waals surface area (Å²) in [4.78, 5) is 21.3. The van der Waals surface area contributed by atoms with Gasteiger partial charge in [-0.2, -0.15) is 0 Å². The molecule has 0 aliphatic heterocycles. The van der Waals surface area contributed by atoms with E-state index >= 15 is 0 Å². The third-order valence-corrected chi connectivity index (χ3v) is 1.44. The summed E-state index contributed by atoms with van der Waals surface area (Å²) in [7, 11) is 0. The molecule has 0 aliphatic carbocycles. The Bertz CT molecular complexity index is 322. The van der Waals surface area contributed by atoms with Gasteiger partial charge in [-0.15, -0.1) is 0 Å². The summed E-state index contributed by atoms with van der Waals surface area (Å²) >= 11 is 0. The fourth-order valence-electron chi connectivity index (χ4n) is 0.847. The summed E-state index contributed by atoms with van der Waals surface area (Å²) in [5.41, 5.74) is 0.462. The number of amides is 1. The molecule has 0 aliphatic rings. The maximum absolute atomic E-state index is 11.2. The predicted molar refractivity (Wildman–Crippen MR) is 54.4 cm³/mol. The van der Waals surface area contributed by atoms with E-state index in [4.69, 9.17) is 5.11 Å². The molecular weight excluding hydrogens is 210 g/mol. The molecule has 1 rings (SSSR count). The number of hydrogen-bond acceptors (Lipinski definition) is 2. The number of carboxylic acids is 1. The van der Waals surface area contributed by atoms with Crippen LogP contribution in [0.25, 0.3) is 0 Å². The molecule has 0 saturated heterocycles. The number of carbonyl (C=O) groups excluding carboxylic acids is 1. The number of nitrogens with one attached hydrogen (secondary N) is 1. The zero-order valence-electron chi connectivity index (χ0n) is 9.56. The van der Waals surface area contributed by atoms with Gasteiger partial charge in [0, 0.05) is 5.56 Å². The smallest absolute Gasteiger partial charge is 1.00 e. The first-order valence-corrected chi connectivity index (χ1v) is 3.75. The largest absolute Gasteiger partial charge is 2.00 e. The molecule has 0 heterocycles. The van der Waals surface area contributed by atoms with Crippen LogP contribution in [0.2, 0.25) is 0 Å². The molecule has 4 nitrogen and oxygen atoms in total. The third-order valence-electron chi connectivity index (χ3n) is 1.44. The second kappa shape index (κ2) is 6.81. The van der Waals surface area contributed by atoms with Crippen molar-refractivity contribution in [2.75, 3.05) is 6.54 Å². The fraction of sp³-hybridized carbons (Fsp3) is 0.111. The van der Waals surface area contributed by atoms with Crippen molar-refractivity contribution in [2.24, 2.45) is 0 Å². The van der Waals surface area contributed by atoms with E-state index < -0.39 is 5.97 Å². The van der Waals surface area contributed by atoms with Gasteiger partial charge in [-0.25, -0.2) is 0 Å². The number of carbonyl (C=O) groups is 2. The van der Waals surface area contributed by atoms with Crippen molar-refractivity contribution >= 4 is 49.6 Å². The average molecular weight is 221 g/mol. The Morgan fingerprint density at radius 3 is 2.36 bits per heavy atom. The molecule has 0 aromatic heterocycles. The summed E-state index contributed by atoms with van der Waals surface area (Å²) < 4.78 is 0. The van der Waals surface area contributed by atoms with Crippen molar-refractivity contribution in [3.63, 3.8) is 0 Å². The maximum Gasteiger partial charge on any atom is 2.00 e. The van der Waals surface area contributed by atoms with Gasteiger partial charge in [0.2, 0.25) is 0 Å². The first-order chi connectivity index (χ1) is 6.20. The number of benzene rings is 1. The van der Waals surface area contributed by atoms with E-state index in [-0.39, 0.29) is 53.0 Å². The second-order valence-electron chi connectivity index (χ2n) is 2.44. The van der Waals surface area contributed by atoms with Gasteiger partial charge in [-0.3, -0.25) is 9.59 Å². The molecule has 72 valence electrons. The van der Waals surface area contributed by atoms with E-state index in [0.29, 0.717) is 5.56 Å². The third kappa shape index (κ3) is 4.60. The van der Waals surface area contributed by atoms with Crippen LogP contribution < -0.4 is 5.32 Å². The Balaban J connectivity index is -0.000000563. The zero-order chi connectivity index (χ0) is 9.68. The Morgan fingerprint density at radius 1 is 1.29 bits per heavy atom. The molecule has 0 fully saturated rings. The minimum Gasteiger partial charge on any atom is -1.00 e. The van der Waals surface area contributed by atoms with Crippen LogP contribution in [0.4, 0.5) is 0 Å². The van der Waals surface area contributed by atoms with E-state index in [1.807, 2.05) is 0 Å². The summed E-state index contributed by atoms with van der Waals surface area (Å²) in [6.07, 6.45) is 0. The summed E-state index contributed by atoms with van der Waals surface area (Å²) in [5.74, 6) is -1.42. The minimum atomic E-state index is -1.05. The van der Waals surface area contributed by atoms with Crippen molar-refractivity contribution in [2.45, 2.75) is 0 Å². The predicted octanol–water partition coefficient (Wildman–Crippen LogP) is 0.345. The quantitative estimate of drug-likeness (QED) is 0.723.